The quantitative estimate of drug-likeness (QED) is 0.506. The minimum Gasteiger partial charge on any atom is -0.497 e. The highest BCUT2D eigenvalue weighted by atomic mass is 32.2. The van der Waals surface area contributed by atoms with E-state index in [9.17, 15) is 8.42 Å². The SMILES string of the molecule is COc1cccc([C@]2(CNS(N)(=O)=O)CC[C@H](NC3CCN(Cc4ccccc4)CC3)CC2)c1. The molecule has 34 heavy (non-hydrogen) atoms. The first-order valence-electron chi connectivity index (χ1n) is 12.3. The van der Waals surface area contributed by atoms with Gasteiger partial charge in [-0.2, -0.15) is 8.42 Å². The molecule has 7 nitrogen and oxygen atoms in total. The van der Waals surface area contributed by atoms with Crippen LogP contribution in [0.25, 0.3) is 0 Å². The Morgan fingerprint density at radius 2 is 1.68 bits per heavy atom. The number of likely N-dealkylation sites (tertiary alicyclic amines) is 1. The smallest absolute Gasteiger partial charge is 0.274 e. The molecule has 0 atom stereocenters. The number of nitrogens with two attached hydrogens (primary N) is 1. The lowest BCUT2D eigenvalue weighted by Crippen LogP contribution is -2.50. The molecule has 2 aromatic carbocycles. The van der Waals surface area contributed by atoms with Crippen LogP contribution in [0.2, 0.25) is 0 Å². The zero-order valence-corrected chi connectivity index (χ0v) is 20.9. The van der Waals surface area contributed by atoms with Crippen molar-refractivity contribution in [3.63, 3.8) is 0 Å². The van der Waals surface area contributed by atoms with Crippen molar-refractivity contribution in [1.29, 1.82) is 0 Å². The van der Waals surface area contributed by atoms with Gasteiger partial charge in [-0.1, -0.05) is 42.5 Å². The molecular formula is C26H38N4O3S. The van der Waals surface area contributed by atoms with Crippen molar-refractivity contribution in [1.82, 2.24) is 14.9 Å². The largest absolute Gasteiger partial charge is 0.497 e. The number of hydrogen-bond donors (Lipinski definition) is 3. The normalized spacial score (nSPS) is 24.7. The van der Waals surface area contributed by atoms with Crippen molar-refractivity contribution < 1.29 is 13.2 Å². The molecular weight excluding hydrogens is 448 g/mol. The van der Waals surface area contributed by atoms with Gasteiger partial charge in [0.05, 0.1) is 7.11 Å². The summed E-state index contributed by atoms with van der Waals surface area (Å²) in [4.78, 5) is 2.54. The fourth-order valence-corrected chi connectivity index (χ4v) is 6.01. The average Bonchev–Trinajstić information content (AvgIpc) is 2.85. The summed E-state index contributed by atoms with van der Waals surface area (Å²) >= 11 is 0. The van der Waals surface area contributed by atoms with E-state index in [4.69, 9.17) is 9.88 Å². The summed E-state index contributed by atoms with van der Waals surface area (Å²) in [6.07, 6.45) is 6.14. The molecule has 0 bridgehead atoms. The molecule has 0 radical (unpaired) electrons. The van der Waals surface area contributed by atoms with Crippen LogP contribution in [0.5, 0.6) is 5.75 Å². The van der Waals surface area contributed by atoms with E-state index in [0.717, 1.165) is 69.5 Å². The summed E-state index contributed by atoms with van der Waals surface area (Å²) in [5, 5.41) is 9.19. The summed E-state index contributed by atoms with van der Waals surface area (Å²) in [6.45, 7) is 3.57. The lowest BCUT2D eigenvalue weighted by molar-refractivity contribution is 0.167. The molecule has 4 rings (SSSR count). The van der Waals surface area contributed by atoms with Crippen LogP contribution < -0.4 is 19.9 Å². The van der Waals surface area contributed by atoms with E-state index < -0.39 is 10.2 Å². The van der Waals surface area contributed by atoms with Gasteiger partial charge in [-0.05, 0) is 74.9 Å². The molecule has 0 spiro atoms. The Morgan fingerprint density at radius 1 is 1.00 bits per heavy atom. The van der Waals surface area contributed by atoms with Gasteiger partial charge in [0.1, 0.15) is 5.75 Å². The maximum Gasteiger partial charge on any atom is 0.274 e. The first kappa shape index (κ1) is 25.1. The number of nitrogens with one attached hydrogen (secondary N) is 2. The molecule has 2 aromatic rings. The fraction of sp³-hybridized carbons (Fsp3) is 0.538. The second-order valence-corrected chi connectivity index (χ2v) is 11.2. The Balaban J connectivity index is 1.32. The van der Waals surface area contributed by atoms with Gasteiger partial charge in [0, 0.05) is 30.6 Å². The number of hydrogen-bond acceptors (Lipinski definition) is 5. The minimum atomic E-state index is -3.75. The lowest BCUT2D eigenvalue weighted by Gasteiger charge is -2.43. The number of piperidine rings is 1. The van der Waals surface area contributed by atoms with Crippen molar-refractivity contribution in [2.45, 2.75) is 62.6 Å². The molecule has 0 amide bonds. The second kappa shape index (κ2) is 11.2. The standard InChI is InChI=1S/C26H38N4O3S/c1-33-25-9-5-8-22(18-25)26(20-28-34(27,31)32)14-10-23(11-15-26)29-24-12-16-30(17-13-24)19-21-6-3-2-4-7-21/h2-9,18,23-24,28-29H,10-17,19-20H2,1H3,(H2,27,31,32)/t23-,26+. The van der Waals surface area contributed by atoms with Crippen molar-refractivity contribution >= 4 is 10.2 Å². The predicted molar refractivity (Wildman–Crippen MR) is 136 cm³/mol. The van der Waals surface area contributed by atoms with E-state index in [0.29, 0.717) is 18.6 Å². The van der Waals surface area contributed by atoms with Gasteiger partial charge in [0.2, 0.25) is 0 Å². The van der Waals surface area contributed by atoms with Crippen LogP contribution in [0.4, 0.5) is 0 Å². The minimum absolute atomic E-state index is 0.280. The molecule has 1 aliphatic carbocycles. The Bertz CT molecular complexity index is 1020. The maximum absolute atomic E-state index is 11.7. The van der Waals surface area contributed by atoms with Crippen LogP contribution in [0.3, 0.4) is 0 Å². The molecule has 2 fully saturated rings. The first-order chi connectivity index (χ1) is 16.4. The predicted octanol–water partition coefficient (Wildman–Crippen LogP) is 2.92. The summed E-state index contributed by atoms with van der Waals surface area (Å²) in [5.41, 5.74) is 2.21. The molecule has 8 heteroatoms. The van der Waals surface area contributed by atoms with Gasteiger partial charge in [0.15, 0.2) is 0 Å². The van der Waals surface area contributed by atoms with Crippen molar-refractivity contribution in [2.24, 2.45) is 5.14 Å². The van der Waals surface area contributed by atoms with Gasteiger partial charge < -0.3 is 10.1 Å². The van der Waals surface area contributed by atoms with E-state index in [-0.39, 0.29) is 5.41 Å². The average molecular weight is 487 g/mol. The molecule has 1 aliphatic heterocycles. The van der Waals surface area contributed by atoms with Crippen LogP contribution >= 0.6 is 0 Å². The molecule has 0 aromatic heterocycles. The third-order valence-corrected chi connectivity index (χ3v) is 8.09. The molecule has 2 aliphatic rings. The molecule has 1 heterocycles. The fourth-order valence-electron chi connectivity index (χ4n) is 5.53. The summed E-state index contributed by atoms with van der Waals surface area (Å²) < 4.78 is 31.3. The Labute approximate surface area is 204 Å². The Hall–Kier alpha value is -1.97. The molecule has 4 N–H and O–H groups in total. The highest BCUT2D eigenvalue weighted by Gasteiger charge is 2.38. The molecule has 1 saturated heterocycles. The third-order valence-electron chi connectivity index (χ3n) is 7.54. The van der Waals surface area contributed by atoms with Crippen molar-refractivity contribution in [3.05, 3.63) is 65.7 Å². The zero-order valence-electron chi connectivity index (χ0n) is 20.1. The number of nitrogens with zero attached hydrogens (tertiary/aromatic N) is 1. The second-order valence-electron chi connectivity index (χ2n) is 9.86. The van der Waals surface area contributed by atoms with Gasteiger partial charge in [-0.25, -0.2) is 9.86 Å². The molecule has 186 valence electrons. The van der Waals surface area contributed by atoms with Gasteiger partial charge in [-0.15, -0.1) is 0 Å². The van der Waals surface area contributed by atoms with Crippen LogP contribution in [-0.2, 0) is 22.2 Å². The van der Waals surface area contributed by atoms with Crippen LogP contribution in [0.1, 0.15) is 49.7 Å². The van der Waals surface area contributed by atoms with Gasteiger partial charge in [0.25, 0.3) is 10.2 Å². The molecule has 0 unspecified atom stereocenters. The van der Waals surface area contributed by atoms with Crippen LogP contribution in [0, 0.1) is 0 Å². The van der Waals surface area contributed by atoms with Gasteiger partial charge >= 0.3 is 0 Å². The lowest BCUT2D eigenvalue weighted by atomic mass is 9.68. The van der Waals surface area contributed by atoms with Gasteiger partial charge in [-0.3, -0.25) is 4.90 Å². The third kappa shape index (κ3) is 6.79. The van der Waals surface area contributed by atoms with E-state index >= 15 is 0 Å². The Morgan fingerprint density at radius 3 is 2.32 bits per heavy atom. The van der Waals surface area contributed by atoms with E-state index in [2.05, 4.69) is 51.3 Å². The van der Waals surface area contributed by atoms with Crippen molar-refractivity contribution in [3.8, 4) is 5.75 Å². The molecule has 1 saturated carbocycles. The first-order valence-corrected chi connectivity index (χ1v) is 13.8. The topological polar surface area (TPSA) is 96.7 Å². The Kier molecular flexibility index (Phi) is 8.26. The summed E-state index contributed by atoms with van der Waals surface area (Å²) in [6, 6.07) is 19.7. The zero-order chi connectivity index (χ0) is 24.0. The van der Waals surface area contributed by atoms with Crippen molar-refractivity contribution in [2.75, 3.05) is 26.7 Å². The number of ether oxygens (including phenoxy) is 1. The maximum atomic E-state index is 11.7. The summed E-state index contributed by atoms with van der Waals surface area (Å²) in [5.74, 6) is 0.787. The number of benzene rings is 2. The monoisotopic (exact) mass is 486 g/mol. The number of methoxy groups -OCH3 is 1. The van der Waals surface area contributed by atoms with E-state index in [1.54, 1.807) is 7.11 Å². The van der Waals surface area contributed by atoms with Crippen LogP contribution in [-0.4, -0.2) is 52.1 Å². The highest BCUT2D eigenvalue weighted by Crippen LogP contribution is 2.40. The highest BCUT2D eigenvalue weighted by molar-refractivity contribution is 7.87. The van der Waals surface area contributed by atoms with Crippen LogP contribution in [0.15, 0.2) is 54.6 Å². The van der Waals surface area contributed by atoms with E-state index in [1.165, 1.54) is 5.56 Å². The summed E-state index contributed by atoms with van der Waals surface area (Å²) in [7, 11) is -2.10. The van der Waals surface area contributed by atoms with E-state index in [1.807, 2.05) is 18.2 Å². The number of rotatable bonds is 9.